The highest BCUT2D eigenvalue weighted by molar-refractivity contribution is 5.70. The van der Waals surface area contributed by atoms with Crippen molar-refractivity contribution in [2.24, 2.45) is 0 Å². The normalized spacial score (nSPS) is 12.9. The molecule has 0 aliphatic rings. The van der Waals surface area contributed by atoms with Gasteiger partial charge >= 0.3 is 11.9 Å². The molecule has 68 heavy (non-hydrogen) atoms. The van der Waals surface area contributed by atoms with Crippen LogP contribution in [-0.2, 0) is 19.1 Å². The Hall–Kier alpha value is -3.18. The predicted molar refractivity (Wildman–Crippen MR) is 297 cm³/mol. The van der Waals surface area contributed by atoms with Gasteiger partial charge in [-0.3, -0.25) is 9.59 Å². The fraction of sp³-hybridized carbons (Fsp3) is 0.714. The van der Waals surface area contributed by atoms with E-state index in [-0.39, 0.29) is 25.2 Å². The van der Waals surface area contributed by atoms with Crippen LogP contribution in [0.25, 0.3) is 0 Å². The minimum Gasteiger partial charge on any atom is -0.462 e. The number of carbonyl (C=O) groups excluding carboxylic acids is 2. The molecule has 0 aromatic carbocycles. The van der Waals surface area contributed by atoms with E-state index in [0.717, 1.165) is 89.9 Å². The number of carbonyl (C=O) groups is 2. The summed E-state index contributed by atoms with van der Waals surface area (Å²) in [7, 11) is 0. The van der Waals surface area contributed by atoms with Crippen molar-refractivity contribution < 1.29 is 24.2 Å². The van der Waals surface area contributed by atoms with Gasteiger partial charge < -0.3 is 14.6 Å². The fourth-order valence-corrected chi connectivity index (χ4v) is 8.10. The van der Waals surface area contributed by atoms with E-state index in [9.17, 15) is 14.7 Å². The van der Waals surface area contributed by atoms with Crippen LogP contribution in [0.1, 0.15) is 271 Å². The summed E-state index contributed by atoms with van der Waals surface area (Å²) in [6.07, 6.45) is 82.4. The number of hydrogen-bond acceptors (Lipinski definition) is 5. The molecular weight excluding hydrogens is 837 g/mol. The van der Waals surface area contributed by atoms with Crippen LogP contribution in [0.2, 0.25) is 0 Å². The van der Waals surface area contributed by atoms with Gasteiger partial charge in [0.1, 0.15) is 6.61 Å². The quantitative estimate of drug-likeness (QED) is 0.0374. The molecule has 5 heteroatoms. The van der Waals surface area contributed by atoms with Crippen LogP contribution in [0.15, 0.2) is 97.2 Å². The lowest BCUT2D eigenvalue weighted by molar-refractivity contribution is -0.161. The van der Waals surface area contributed by atoms with E-state index in [1.165, 1.54) is 154 Å². The number of aliphatic hydroxyl groups excluding tert-OH is 1. The highest BCUT2D eigenvalue weighted by Crippen LogP contribution is 2.17. The van der Waals surface area contributed by atoms with Gasteiger partial charge in [-0.05, 0) is 77.0 Å². The molecule has 0 radical (unpaired) electrons. The molecule has 1 atom stereocenters. The Morgan fingerprint density at radius 3 is 0.956 bits per heavy atom. The number of ether oxygens (including phenoxy) is 2. The molecule has 5 nitrogen and oxygen atoms in total. The molecule has 0 rings (SSSR count). The SMILES string of the molecule is CC/C=C\C/C=C\C/C=C\C/C=C\C/C=C\C/C=C\C/C=C\C/C=C\CCCCC(=O)OC(CO)COC(=O)CCCCCCCCCCCCCCCCCCCCCCCCCCCCC. The van der Waals surface area contributed by atoms with Crippen molar-refractivity contribution in [2.75, 3.05) is 13.2 Å². The average Bonchev–Trinajstić information content (AvgIpc) is 3.34. The van der Waals surface area contributed by atoms with E-state index in [2.05, 4.69) is 111 Å². The molecule has 0 aliphatic carbocycles. The molecule has 0 bridgehead atoms. The maximum Gasteiger partial charge on any atom is 0.306 e. The maximum absolute atomic E-state index is 12.3. The van der Waals surface area contributed by atoms with Crippen LogP contribution < -0.4 is 0 Å². The van der Waals surface area contributed by atoms with Gasteiger partial charge in [-0.15, -0.1) is 0 Å². The third-order valence-corrected chi connectivity index (χ3v) is 12.4. The number of hydrogen-bond donors (Lipinski definition) is 1. The molecule has 0 aromatic rings. The summed E-state index contributed by atoms with van der Waals surface area (Å²) >= 11 is 0. The van der Waals surface area contributed by atoms with Crippen LogP contribution in [0, 0.1) is 0 Å². The van der Waals surface area contributed by atoms with E-state index >= 15 is 0 Å². The molecule has 0 aromatic heterocycles. The minimum absolute atomic E-state index is 0.0864. The van der Waals surface area contributed by atoms with Gasteiger partial charge in [0.05, 0.1) is 6.61 Å². The second-order valence-corrected chi connectivity index (χ2v) is 19.0. The van der Waals surface area contributed by atoms with E-state index in [0.29, 0.717) is 12.8 Å². The molecule has 0 saturated heterocycles. The summed E-state index contributed by atoms with van der Waals surface area (Å²) in [4.78, 5) is 24.5. The fourth-order valence-electron chi connectivity index (χ4n) is 8.10. The van der Waals surface area contributed by atoms with Crippen LogP contribution in [0.4, 0.5) is 0 Å². The van der Waals surface area contributed by atoms with Gasteiger partial charge in [-0.25, -0.2) is 0 Å². The minimum atomic E-state index is -0.801. The maximum atomic E-state index is 12.3. The highest BCUT2D eigenvalue weighted by Gasteiger charge is 2.16. The number of allylic oxidation sites excluding steroid dienone is 16. The van der Waals surface area contributed by atoms with E-state index < -0.39 is 6.10 Å². The Bertz CT molecular complexity index is 1300. The smallest absolute Gasteiger partial charge is 0.306 e. The van der Waals surface area contributed by atoms with Crippen molar-refractivity contribution >= 4 is 11.9 Å². The van der Waals surface area contributed by atoms with Crippen LogP contribution in [0.3, 0.4) is 0 Å². The number of rotatable bonds is 52. The molecule has 1 N–H and O–H groups in total. The lowest BCUT2D eigenvalue weighted by Gasteiger charge is -2.15. The first-order valence-electron chi connectivity index (χ1n) is 28.8. The molecule has 0 aliphatic heterocycles. The summed E-state index contributed by atoms with van der Waals surface area (Å²) in [6, 6.07) is 0. The second kappa shape index (κ2) is 58.1. The zero-order chi connectivity index (χ0) is 49.2. The number of aliphatic hydroxyl groups is 1. The number of unbranched alkanes of at least 4 members (excludes halogenated alkanes) is 28. The van der Waals surface area contributed by atoms with Crippen molar-refractivity contribution in [1.29, 1.82) is 0 Å². The van der Waals surface area contributed by atoms with Crippen molar-refractivity contribution in [3.05, 3.63) is 97.2 Å². The van der Waals surface area contributed by atoms with Crippen LogP contribution >= 0.6 is 0 Å². The third kappa shape index (κ3) is 55.4. The molecular formula is C63H108O5. The van der Waals surface area contributed by atoms with E-state index in [1.807, 2.05) is 0 Å². The predicted octanol–water partition coefficient (Wildman–Crippen LogP) is 19.5. The molecule has 0 amide bonds. The highest BCUT2D eigenvalue weighted by atomic mass is 16.6. The second-order valence-electron chi connectivity index (χ2n) is 19.0. The summed E-state index contributed by atoms with van der Waals surface area (Å²) in [5.74, 6) is -0.638. The van der Waals surface area contributed by atoms with Crippen LogP contribution in [0.5, 0.6) is 0 Å². The first kappa shape index (κ1) is 64.8. The zero-order valence-corrected chi connectivity index (χ0v) is 44.6. The van der Waals surface area contributed by atoms with Crippen LogP contribution in [-0.4, -0.2) is 36.4 Å². The first-order valence-corrected chi connectivity index (χ1v) is 28.8. The van der Waals surface area contributed by atoms with Crippen molar-refractivity contribution in [3.63, 3.8) is 0 Å². The van der Waals surface area contributed by atoms with Gasteiger partial charge in [-0.2, -0.15) is 0 Å². The summed E-state index contributed by atoms with van der Waals surface area (Å²) in [6.45, 7) is 4.02. The van der Waals surface area contributed by atoms with Crippen molar-refractivity contribution in [2.45, 2.75) is 277 Å². The Kier molecular flexibility index (Phi) is 55.4. The monoisotopic (exact) mass is 945 g/mol. The zero-order valence-electron chi connectivity index (χ0n) is 44.6. The Labute approximate surface area is 421 Å². The third-order valence-electron chi connectivity index (χ3n) is 12.4. The van der Waals surface area contributed by atoms with Gasteiger partial charge in [0.25, 0.3) is 0 Å². The molecule has 0 spiro atoms. The van der Waals surface area contributed by atoms with E-state index in [4.69, 9.17) is 9.47 Å². The lowest BCUT2D eigenvalue weighted by Crippen LogP contribution is -2.28. The first-order chi connectivity index (χ1) is 33.6. The van der Waals surface area contributed by atoms with Crippen molar-refractivity contribution in [1.82, 2.24) is 0 Å². The Morgan fingerprint density at radius 2 is 0.632 bits per heavy atom. The Balaban J connectivity index is 3.57. The van der Waals surface area contributed by atoms with Gasteiger partial charge in [-0.1, -0.05) is 278 Å². The number of esters is 2. The Morgan fingerprint density at radius 1 is 0.353 bits per heavy atom. The summed E-state index contributed by atoms with van der Waals surface area (Å²) in [5.41, 5.74) is 0. The van der Waals surface area contributed by atoms with Gasteiger partial charge in [0.15, 0.2) is 6.10 Å². The van der Waals surface area contributed by atoms with Gasteiger partial charge in [0, 0.05) is 12.8 Å². The largest absolute Gasteiger partial charge is 0.462 e. The average molecular weight is 946 g/mol. The van der Waals surface area contributed by atoms with Crippen molar-refractivity contribution in [3.8, 4) is 0 Å². The molecule has 1 unspecified atom stereocenters. The lowest BCUT2D eigenvalue weighted by atomic mass is 10.0. The topological polar surface area (TPSA) is 72.8 Å². The molecule has 0 heterocycles. The summed E-state index contributed by atoms with van der Waals surface area (Å²) < 4.78 is 10.7. The molecule has 390 valence electrons. The van der Waals surface area contributed by atoms with E-state index in [1.54, 1.807) is 0 Å². The molecule has 0 saturated carbocycles. The standard InChI is InChI=1S/C63H108O5/c1-3-5-7-9-11-13-15-17-19-21-23-25-27-29-31-33-35-37-39-41-43-45-47-49-51-53-55-57-62(65)67-60-61(59-64)68-63(66)58-56-54-52-50-48-46-44-42-40-38-36-34-32-30-28-26-24-22-20-18-16-14-12-10-8-6-4-2/h6,8,12,14,18,20,24,26,30,32,36,38,42,44,48,50,61,64H,3-5,7,9-11,13,15-17,19,21-23,25,27-29,31,33-35,37,39-41,43,45-47,49,51-60H2,1-2H3/b8-6-,14-12-,20-18-,26-24-,32-30-,38-36-,44-42-,50-48-. The molecule has 0 fully saturated rings. The van der Waals surface area contributed by atoms with Gasteiger partial charge in [0.2, 0.25) is 0 Å². The summed E-state index contributed by atoms with van der Waals surface area (Å²) in [5, 5.41) is 9.65.